The Labute approximate surface area is 339 Å². The first kappa shape index (κ1) is 36.3. The van der Waals surface area contributed by atoms with E-state index in [2.05, 4.69) is 170 Å². The molecule has 0 spiro atoms. The molecule has 0 fully saturated rings. The van der Waals surface area contributed by atoms with E-state index in [1.165, 1.54) is 44.5 Å². The van der Waals surface area contributed by atoms with Crippen LogP contribution in [0.3, 0.4) is 0 Å². The van der Waals surface area contributed by atoms with Crippen molar-refractivity contribution >= 4 is 22.3 Å². The second-order valence-corrected chi connectivity index (χ2v) is 15.6. The quantitative estimate of drug-likeness (QED) is 0.132. The Morgan fingerprint density at radius 2 is 0.638 bits per heavy atom. The first-order valence-corrected chi connectivity index (χ1v) is 19.7. The van der Waals surface area contributed by atoms with Crippen LogP contribution >= 0.6 is 0 Å². The third-order valence-corrected chi connectivity index (χ3v) is 11.4. The SMILES string of the molecule is C#Cc1ccc(/C2=c3\cc/c([nH]3)=C(\c3c(C)cc(C)cc3C)c3ccc([nH]3)/C(c3ccc(C#C)cc3)=c3/cc/c([nH]3)=C(\c3c(C)cc(C)cc3C)c3ccc2[nH]3)cc1. The van der Waals surface area contributed by atoms with Gasteiger partial charge in [0.1, 0.15) is 0 Å². The lowest BCUT2D eigenvalue weighted by atomic mass is 9.92. The minimum atomic E-state index is 0.840. The van der Waals surface area contributed by atoms with Crippen LogP contribution < -0.4 is 21.4 Å². The summed E-state index contributed by atoms with van der Waals surface area (Å²) in [6.45, 7) is 13.1. The van der Waals surface area contributed by atoms with Crippen molar-refractivity contribution in [3.8, 4) is 24.7 Å². The van der Waals surface area contributed by atoms with E-state index >= 15 is 0 Å². The molecule has 5 heterocycles. The van der Waals surface area contributed by atoms with Crippen molar-refractivity contribution in [3.63, 3.8) is 0 Å². The number of hydrogen-bond donors (Lipinski definition) is 4. The van der Waals surface area contributed by atoms with Crippen LogP contribution in [-0.4, -0.2) is 19.9 Å². The fraction of sp³-hybridized carbons (Fsp3) is 0.111. The fourth-order valence-electron chi connectivity index (χ4n) is 9.10. The molecule has 280 valence electrons. The summed E-state index contributed by atoms with van der Waals surface area (Å²) in [6, 6.07) is 43.2. The van der Waals surface area contributed by atoms with Crippen LogP contribution in [0.4, 0.5) is 0 Å². The second-order valence-electron chi connectivity index (χ2n) is 15.6. The molecule has 8 aromatic rings. The topological polar surface area (TPSA) is 63.2 Å². The van der Waals surface area contributed by atoms with Crippen LogP contribution in [0, 0.1) is 66.2 Å². The third-order valence-electron chi connectivity index (χ3n) is 11.4. The summed E-state index contributed by atoms with van der Waals surface area (Å²) in [5.41, 5.74) is 21.8. The lowest BCUT2D eigenvalue weighted by molar-refractivity contribution is 1.17. The van der Waals surface area contributed by atoms with Crippen LogP contribution in [0.5, 0.6) is 0 Å². The van der Waals surface area contributed by atoms with Crippen molar-refractivity contribution in [3.05, 3.63) is 232 Å². The van der Waals surface area contributed by atoms with Gasteiger partial charge in [0.25, 0.3) is 0 Å². The van der Waals surface area contributed by atoms with E-state index in [1.54, 1.807) is 0 Å². The van der Waals surface area contributed by atoms with Crippen LogP contribution in [0.1, 0.15) is 89.5 Å². The van der Waals surface area contributed by atoms with Crippen molar-refractivity contribution in [2.45, 2.75) is 41.5 Å². The number of aromatic nitrogens is 4. The smallest absolute Gasteiger partial charge is 0.0486 e. The number of benzene rings is 4. The Balaban J connectivity index is 1.46. The molecule has 0 aliphatic carbocycles. The van der Waals surface area contributed by atoms with E-state index in [-0.39, 0.29) is 0 Å². The Morgan fingerprint density at radius 1 is 0.345 bits per heavy atom. The van der Waals surface area contributed by atoms with Gasteiger partial charge in [0, 0.05) is 77.6 Å². The van der Waals surface area contributed by atoms with E-state index in [4.69, 9.17) is 12.8 Å². The standard InChI is InChI=1S/C54H44N4/c1-9-37-11-15-39(16-12-37)51-41-19-23-45(55-41)53(49-33(5)27-31(3)28-34(49)6)47-25-21-43(57-47)52(40-17-13-38(10-2)14-18-40)44-22-26-48(58-44)54(46-24-20-42(51)56-46)50-35(7)29-32(4)30-36(50)8/h1-2,11-30,55-58H,3-8H3/b51-41-,51-42?,52-43?,52-44-,53-45+,53-47?,54-46?,54-48+. The summed E-state index contributed by atoms with van der Waals surface area (Å²) in [4.78, 5) is 15.7. The Morgan fingerprint density at radius 3 is 0.948 bits per heavy atom. The lowest BCUT2D eigenvalue weighted by Crippen LogP contribution is -2.20. The molecule has 0 unspecified atom stereocenters. The Hall–Kier alpha value is -7.40. The number of terminal acetylenes is 2. The van der Waals surface area contributed by atoms with Gasteiger partial charge < -0.3 is 19.9 Å². The largest absolute Gasteiger partial charge is 0.354 e. The van der Waals surface area contributed by atoms with Crippen LogP contribution in [0.15, 0.2) is 121 Å². The normalized spacial score (nSPS) is 16.2. The predicted molar refractivity (Wildman–Crippen MR) is 238 cm³/mol. The molecular weight excluding hydrogens is 705 g/mol. The van der Waals surface area contributed by atoms with Crippen molar-refractivity contribution in [1.82, 2.24) is 19.9 Å². The summed E-state index contributed by atoms with van der Waals surface area (Å²) in [6.07, 6.45) is 11.6. The summed E-state index contributed by atoms with van der Waals surface area (Å²) in [5, 5.41) is 4.00. The molecular formula is C54H44N4. The Kier molecular flexibility index (Phi) is 8.92. The molecule has 4 heteroatoms. The summed E-state index contributed by atoms with van der Waals surface area (Å²) in [5.74, 6) is 5.57. The first-order chi connectivity index (χ1) is 28.1. The average Bonchev–Trinajstić information content (AvgIpc) is 4.05. The van der Waals surface area contributed by atoms with Crippen LogP contribution in [-0.2, 0) is 0 Å². The monoisotopic (exact) mass is 748 g/mol. The molecule has 4 nitrogen and oxygen atoms in total. The summed E-state index contributed by atoms with van der Waals surface area (Å²) < 4.78 is 0. The molecule has 0 atom stereocenters. The van der Waals surface area contributed by atoms with E-state index in [9.17, 15) is 0 Å². The molecule has 1 aliphatic heterocycles. The zero-order valence-electron chi connectivity index (χ0n) is 33.7. The molecule has 0 saturated heterocycles. The van der Waals surface area contributed by atoms with Crippen molar-refractivity contribution < 1.29 is 0 Å². The molecule has 0 radical (unpaired) electrons. The van der Waals surface area contributed by atoms with Crippen molar-refractivity contribution in [2.75, 3.05) is 0 Å². The molecule has 4 aromatic heterocycles. The molecule has 58 heavy (non-hydrogen) atoms. The number of aromatic amines is 4. The molecule has 9 rings (SSSR count). The highest BCUT2D eigenvalue weighted by Crippen LogP contribution is 2.32. The first-order valence-electron chi connectivity index (χ1n) is 19.7. The van der Waals surface area contributed by atoms with Gasteiger partial charge in [-0.3, -0.25) is 0 Å². The molecule has 1 aliphatic rings. The zero-order valence-corrected chi connectivity index (χ0v) is 33.7. The Bertz CT molecular complexity index is 3010. The van der Waals surface area contributed by atoms with E-state index in [1.807, 2.05) is 24.3 Å². The van der Waals surface area contributed by atoms with Gasteiger partial charge in [-0.15, -0.1) is 12.8 Å². The summed E-state index contributed by atoms with van der Waals surface area (Å²) in [7, 11) is 0. The molecule has 4 N–H and O–H groups in total. The highest BCUT2D eigenvalue weighted by molar-refractivity contribution is 5.86. The highest BCUT2D eigenvalue weighted by Gasteiger charge is 2.21. The fourth-order valence-corrected chi connectivity index (χ4v) is 9.10. The van der Waals surface area contributed by atoms with Crippen LogP contribution in [0.25, 0.3) is 22.3 Å². The average molecular weight is 749 g/mol. The van der Waals surface area contributed by atoms with Crippen molar-refractivity contribution in [2.24, 2.45) is 0 Å². The van der Waals surface area contributed by atoms with Gasteiger partial charge in [0.2, 0.25) is 0 Å². The van der Waals surface area contributed by atoms with E-state index < -0.39 is 0 Å². The molecule has 0 amide bonds. The number of hydrogen-bond acceptors (Lipinski definition) is 0. The van der Waals surface area contributed by atoms with Gasteiger partial charge in [-0.25, -0.2) is 0 Å². The predicted octanol–water partition coefficient (Wildman–Crippen LogP) is 8.11. The van der Waals surface area contributed by atoms with E-state index in [0.717, 1.165) is 88.7 Å². The maximum absolute atomic E-state index is 5.82. The van der Waals surface area contributed by atoms with E-state index in [0.29, 0.717) is 0 Å². The van der Waals surface area contributed by atoms with Gasteiger partial charge in [0.15, 0.2) is 0 Å². The van der Waals surface area contributed by atoms with Crippen molar-refractivity contribution in [1.29, 1.82) is 0 Å². The van der Waals surface area contributed by atoms with Gasteiger partial charge in [0.05, 0.1) is 0 Å². The number of fused-ring (bicyclic) bond motifs is 8. The minimum Gasteiger partial charge on any atom is -0.354 e. The second kappa shape index (κ2) is 14.3. The third kappa shape index (κ3) is 6.26. The minimum absolute atomic E-state index is 0.840. The number of rotatable bonds is 4. The van der Waals surface area contributed by atoms with Gasteiger partial charge in [-0.05, 0) is 159 Å². The van der Waals surface area contributed by atoms with Gasteiger partial charge in [-0.1, -0.05) is 71.5 Å². The molecule has 0 saturated carbocycles. The number of H-pyrrole nitrogens is 4. The number of aryl methyl sites for hydroxylation is 6. The summed E-state index contributed by atoms with van der Waals surface area (Å²) >= 11 is 0. The van der Waals surface area contributed by atoms with Gasteiger partial charge in [-0.2, -0.15) is 0 Å². The zero-order chi connectivity index (χ0) is 40.2. The lowest BCUT2D eigenvalue weighted by Gasteiger charge is -2.15. The molecule has 4 aromatic carbocycles. The van der Waals surface area contributed by atoms with Gasteiger partial charge >= 0.3 is 0 Å². The highest BCUT2D eigenvalue weighted by atomic mass is 14.8. The number of nitrogens with one attached hydrogen (secondary N) is 4. The maximum atomic E-state index is 5.82. The molecule has 8 bridgehead atoms. The van der Waals surface area contributed by atoms with Crippen LogP contribution in [0.2, 0.25) is 0 Å². The maximum Gasteiger partial charge on any atom is 0.0486 e.